The lowest BCUT2D eigenvalue weighted by molar-refractivity contribution is -0.244. The number of rotatable bonds is 58. The maximum absolute atomic E-state index is 13.1. The van der Waals surface area contributed by atoms with Gasteiger partial charge in [0.1, 0.15) is 31.4 Å². The lowest BCUT2D eigenvalue weighted by Crippen LogP contribution is -2.59. The van der Waals surface area contributed by atoms with Crippen molar-refractivity contribution >= 4 is 70.8 Å². The molecular formula is C78H136N8O24. The Morgan fingerprint density at radius 2 is 0.618 bits per heavy atom. The predicted octanol–water partition coefficient (Wildman–Crippen LogP) is 5.03. The van der Waals surface area contributed by atoms with Crippen LogP contribution in [0.1, 0.15) is 219 Å². The fourth-order valence-electron chi connectivity index (χ4n) is 13.2. The van der Waals surface area contributed by atoms with Crippen LogP contribution in [0.2, 0.25) is 0 Å². The van der Waals surface area contributed by atoms with Crippen molar-refractivity contribution in [1.82, 2.24) is 42.5 Å². The van der Waals surface area contributed by atoms with E-state index < -0.39 is 78.8 Å². The fraction of sp³-hybridized carbons (Fsp3) is 0.846. The number of unbranched alkanes of at least 4 members (excludes halogenated alkanes) is 5. The molecule has 3 heterocycles. The number of Topliss-reactive ketones (excluding diaryl/α,β-unsaturated/α-hetero) is 2. The molecule has 0 aromatic carbocycles. The second-order valence-corrected chi connectivity index (χ2v) is 30.1. The minimum Gasteiger partial charge on any atom is -0.463 e. The quantitative estimate of drug-likeness (QED) is 0.0225. The Morgan fingerprint density at radius 1 is 0.336 bits per heavy atom. The van der Waals surface area contributed by atoms with Crippen LogP contribution in [-0.2, 0) is 114 Å². The summed E-state index contributed by atoms with van der Waals surface area (Å²) in [6.45, 7) is 27.1. The molecule has 3 aliphatic heterocycles. The lowest BCUT2D eigenvalue weighted by atomic mass is 9.82. The Labute approximate surface area is 652 Å². The van der Waals surface area contributed by atoms with Gasteiger partial charge in [-0.1, -0.05) is 55.4 Å². The zero-order valence-corrected chi connectivity index (χ0v) is 68.3. The summed E-state index contributed by atoms with van der Waals surface area (Å²) in [6.07, 6.45) is 4.39. The monoisotopic (exact) mass is 1570 g/mol. The molecule has 0 saturated carbocycles. The van der Waals surface area contributed by atoms with E-state index in [1.807, 2.05) is 55.4 Å². The first-order valence-electron chi connectivity index (χ1n) is 39.9. The molecule has 110 heavy (non-hydrogen) atoms. The van der Waals surface area contributed by atoms with Gasteiger partial charge in [-0.2, -0.15) is 0 Å². The number of hydrogen-bond acceptors (Lipinski definition) is 25. The van der Waals surface area contributed by atoms with E-state index in [1.165, 1.54) is 41.5 Å². The number of ether oxygens (including phenoxy) is 12. The van der Waals surface area contributed by atoms with Crippen LogP contribution < -0.4 is 42.5 Å². The van der Waals surface area contributed by atoms with E-state index in [0.29, 0.717) is 110 Å². The van der Waals surface area contributed by atoms with E-state index >= 15 is 0 Å². The highest BCUT2D eigenvalue weighted by molar-refractivity contribution is 5.80. The number of ketones is 2. The smallest absolute Gasteiger partial charge is 0.302 e. The molecule has 0 aromatic rings. The fourth-order valence-corrected chi connectivity index (χ4v) is 13.2. The van der Waals surface area contributed by atoms with E-state index in [4.69, 9.17) is 56.8 Å². The molecule has 32 heteroatoms. The third-order valence-corrected chi connectivity index (χ3v) is 20.1. The van der Waals surface area contributed by atoms with Gasteiger partial charge in [-0.15, -0.1) is 0 Å². The maximum atomic E-state index is 13.1. The summed E-state index contributed by atoms with van der Waals surface area (Å²) in [5.41, 5.74) is -0.947. The van der Waals surface area contributed by atoms with Crippen molar-refractivity contribution in [3.63, 3.8) is 0 Å². The van der Waals surface area contributed by atoms with Gasteiger partial charge in [0.2, 0.25) is 41.4 Å². The topological polar surface area (TPSA) is 412 Å². The first-order chi connectivity index (χ1) is 52.3. The van der Waals surface area contributed by atoms with Gasteiger partial charge in [-0.3, -0.25) is 57.5 Å². The second kappa shape index (κ2) is 55.2. The van der Waals surface area contributed by atoms with Gasteiger partial charge >= 0.3 is 17.9 Å². The van der Waals surface area contributed by atoms with Gasteiger partial charge in [0.25, 0.3) is 0 Å². The van der Waals surface area contributed by atoms with Gasteiger partial charge in [0, 0.05) is 145 Å². The number of carbonyl (C=O) groups is 12. The minimum absolute atomic E-state index is 0.00468. The molecule has 7 amide bonds. The third-order valence-electron chi connectivity index (χ3n) is 20.1. The molecule has 0 aliphatic carbocycles. The van der Waals surface area contributed by atoms with Gasteiger partial charge < -0.3 is 99.4 Å². The molecule has 0 spiro atoms. The summed E-state index contributed by atoms with van der Waals surface area (Å²) in [6, 6.07) is -1.30. The summed E-state index contributed by atoms with van der Waals surface area (Å²) in [5, 5.41) is 23.9. The zero-order chi connectivity index (χ0) is 81.6. The highest BCUT2D eigenvalue weighted by Gasteiger charge is 2.46. The van der Waals surface area contributed by atoms with Crippen molar-refractivity contribution in [1.29, 1.82) is 0 Å². The number of carbonyl (C=O) groups excluding carboxylic acids is 12. The Kier molecular flexibility index (Phi) is 49.1. The van der Waals surface area contributed by atoms with E-state index in [9.17, 15) is 57.5 Å². The van der Waals surface area contributed by atoms with Gasteiger partial charge in [0.15, 0.2) is 18.9 Å². The highest BCUT2D eigenvalue weighted by Crippen LogP contribution is 2.35. The first kappa shape index (κ1) is 97.8. The Bertz CT molecular complexity index is 2500. The van der Waals surface area contributed by atoms with Crippen LogP contribution in [0.25, 0.3) is 0 Å². The van der Waals surface area contributed by atoms with Gasteiger partial charge in [-0.05, 0) is 106 Å². The zero-order valence-electron chi connectivity index (χ0n) is 68.3. The third kappa shape index (κ3) is 41.4. The molecule has 3 aliphatic rings. The SMILES string of the molecule is CC(=O)NC1[C@H](OCCCCC(=O)NCCCCC(=O)CCOCC(COCCC(=O)CCCCNC(=O)CCCCO[C@@H]2OC(COC(C)=O)[C@H](C)[C@H](C)C2NC(C)=O)(COCCC(=O)NCCCNC(=O)CCCCO[C@@H]2OC(COC(C)=O)[C@H](C)[C@H](C)C2NC(C)=O)NC(C)C)OC(COC(C)=O)[C@H](C)[C@@H]1C. The molecule has 3 saturated heterocycles. The summed E-state index contributed by atoms with van der Waals surface area (Å²) in [5.74, 6) is -2.67. The van der Waals surface area contributed by atoms with Crippen LogP contribution in [-0.4, -0.2) is 243 Å². The number of amides is 7. The van der Waals surface area contributed by atoms with Crippen LogP contribution in [0.15, 0.2) is 0 Å². The van der Waals surface area contributed by atoms with Crippen molar-refractivity contribution in [2.75, 3.05) is 105 Å². The van der Waals surface area contributed by atoms with Crippen LogP contribution in [0.5, 0.6) is 0 Å². The normalized spacial score (nSPS) is 24.4. The first-order valence-corrected chi connectivity index (χ1v) is 39.9. The molecule has 0 aromatic heterocycles. The summed E-state index contributed by atoms with van der Waals surface area (Å²) >= 11 is 0. The molecule has 15 atom stereocenters. The van der Waals surface area contributed by atoms with E-state index in [1.54, 1.807) is 0 Å². The minimum atomic E-state index is -0.947. The molecule has 3 fully saturated rings. The van der Waals surface area contributed by atoms with Crippen molar-refractivity contribution in [2.45, 2.75) is 286 Å². The standard InChI is InChI=1S/C78H136N8O24/c1-50(2)86-78(47-99-41-31-63(93)26-15-20-34-79-68(95)28-17-22-38-102-75-72(83-57(9)87)54(6)51(3)65(108-75)44-105-60(12)90,48-100-42-32-64(94)27-16-21-35-80-69(96)29-18-23-39-103-76-73(84-58(10)88)55(7)52(4)66(109-76)45-106-61(13)91)49-101-43-33-71(98)82-37-25-36-81-70(97)30-19-24-40-104-77-74(85-59(11)89)56(8)53(5)67(110-77)46-107-62(14)92/h50-56,65-67,72-77,86H,15-49H2,1-14H3,(H,79,95)(H,80,96)(H,81,97)(H,82,98)(H,83,87)(H,84,88)(H,85,89)/t51-,52-,53-,54+,55+,56+,65?,66?,67?,72?,73?,74?,75-,76-,77-,78?/m1/s1. The average Bonchev–Trinajstić information content (AvgIpc) is 0.819. The Hall–Kier alpha value is -6.36. The van der Waals surface area contributed by atoms with Crippen LogP contribution in [0.3, 0.4) is 0 Å². The van der Waals surface area contributed by atoms with Gasteiger partial charge in [-0.25, -0.2) is 0 Å². The largest absolute Gasteiger partial charge is 0.463 e. The van der Waals surface area contributed by atoms with Crippen molar-refractivity contribution < 1.29 is 114 Å². The summed E-state index contributed by atoms with van der Waals surface area (Å²) in [4.78, 5) is 148. The van der Waals surface area contributed by atoms with E-state index in [0.717, 1.165) is 0 Å². The van der Waals surface area contributed by atoms with Crippen LogP contribution in [0, 0.1) is 35.5 Å². The number of nitrogens with one attached hydrogen (secondary N) is 8. The van der Waals surface area contributed by atoms with E-state index in [2.05, 4.69) is 42.5 Å². The summed E-state index contributed by atoms with van der Waals surface area (Å²) in [7, 11) is 0. The predicted molar refractivity (Wildman–Crippen MR) is 405 cm³/mol. The highest BCUT2D eigenvalue weighted by atomic mass is 16.7. The van der Waals surface area contributed by atoms with E-state index in [-0.39, 0.29) is 212 Å². The van der Waals surface area contributed by atoms with Crippen LogP contribution >= 0.6 is 0 Å². The number of esters is 3. The molecule has 3 rings (SSSR count). The average molecular weight is 1570 g/mol. The number of hydrogen-bond donors (Lipinski definition) is 8. The molecule has 32 nitrogen and oxygen atoms in total. The molecule has 6 unspecified atom stereocenters. The van der Waals surface area contributed by atoms with Crippen molar-refractivity contribution in [3.8, 4) is 0 Å². The second-order valence-electron chi connectivity index (χ2n) is 30.1. The molecule has 8 N–H and O–H groups in total. The molecule has 0 bridgehead atoms. The Balaban J connectivity index is 1.43. The Morgan fingerprint density at radius 3 is 0.909 bits per heavy atom. The molecular weight excluding hydrogens is 1430 g/mol. The van der Waals surface area contributed by atoms with Crippen LogP contribution in [0.4, 0.5) is 0 Å². The molecule has 0 radical (unpaired) electrons. The lowest BCUT2D eigenvalue weighted by Gasteiger charge is -2.44. The maximum Gasteiger partial charge on any atom is 0.302 e. The molecule has 632 valence electrons. The van der Waals surface area contributed by atoms with Crippen molar-refractivity contribution in [2.24, 2.45) is 35.5 Å². The summed E-state index contributed by atoms with van der Waals surface area (Å²) < 4.78 is 70.8. The van der Waals surface area contributed by atoms with Crippen molar-refractivity contribution in [3.05, 3.63) is 0 Å². The van der Waals surface area contributed by atoms with Gasteiger partial charge in [0.05, 0.1) is 81.6 Å².